The van der Waals surface area contributed by atoms with Crippen LogP contribution in [0.1, 0.15) is 20.8 Å². The molecule has 0 heterocycles. The average Bonchev–Trinajstić information content (AvgIpc) is 1.87. The summed E-state index contributed by atoms with van der Waals surface area (Å²) in [4.78, 5) is 0. The van der Waals surface area contributed by atoms with Gasteiger partial charge in [0.1, 0.15) is 0 Å². The number of hydrogen-bond donors (Lipinski definition) is 0. The van der Waals surface area contributed by atoms with Crippen molar-refractivity contribution in [2.24, 2.45) is 0 Å². The molecule has 0 bridgehead atoms. The summed E-state index contributed by atoms with van der Waals surface area (Å²) in [6.45, 7) is 6.67. The van der Waals surface area contributed by atoms with Crippen LogP contribution in [0.3, 0.4) is 0 Å². The summed E-state index contributed by atoms with van der Waals surface area (Å²) in [5.74, 6) is -1.11. The summed E-state index contributed by atoms with van der Waals surface area (Å²) in [6.07, 6.45) is 3.79. The number of hydrogen-bond acceptors (Lipinski definition) is 0. The fourth-order valence-corrected chi connectivity index (χ4v) is 2.25. The van der Waals surface area contributed by atoms with Crippen LogP contribution in [0, 0.1) is 0 Å². The van der Waals surface area contributed by atoms with Crippen LogP contribution < -0.4 is 0 Å². The van der Waals surface area contributed by atoms with E-state index in [-0.39, 0.29) is 0 Å². The molecule has 0 unspecified atom stereocenters. The van der Waals surface area contributed by atoms with Gasteiger partial charge in [0.25, 0.3) is 0 Å². The van der Waals surface area contributed by atoms with E-state index in [0.29, 0.717) is 0 Å². The van der Waals surface area contributed by atoms with Gasteiger partial charge in [-0.1, -0.05) is 0 Å². The molecule has 0 aliphatic rings. The van der Waals surface area contributed by atoms with Crippen molar-refractivity contribution in [3.05, 3.63) is 0 Å². The van der Waals surface area contributed by atoms with E-state index in [0.717, 1.165) is 0 Å². The summed E-state index contributed by atoms with van der Waals surface area (Å²) in [7, 11) is 0. The van der Waals surface area contributed by atoms with E-state index in [4.69, 9.17) is 15.6 Å². The maximum absolute atomic E-state index is 5.59. The maximum atomic E-state index is 5.59. The fraction of sp³-hybridized carbons (Fsp3) is 1.00. The molecule has 0 rings (SSSR count). The van der Waals surface area contributed by atoms with Gasteiger partial charge in [-0.05, 0) is 0 Å². The van der Waals surface area contributed by atoms with Gasteiger partial charge in [-0.3, -0.25) is 0 Å². The van der Waals surface area contributed by atoms with Crippen LogP contribution in [-0.2, 0) is 15.6 Å². The molecule has 0 fully saturated rings. The Hall–Kier alpha value is 0.949. The Morgan fingerprint density at radius 1 is 1.00 bits per heavy atom. The first-order valence-corrected chi connectivity index (χ1v) is 7.17. The molecule has 0 atom stereocenters. The van der Waals surface area contributed by atoms with E-state index in [1.54, 1.807) is 0 Å². The predicted octanol–water partition coefficient (Wildman–Crippen LogP) is 2.26. The van der Waals surface area contributed by atoms with Crippen LogP contribution in [0.5, 0.6) is 0 Å². The summed E-state index contributed by atoms with van der Waals surface area (Å²) >= 11 is 5.59. The predicted molar refractivity (Wildman–Crippen MR) is 39.9 cm³/mol. The van der Waals surface area contributed by atoms with Crippen molar-refractivity contribution in [2.75, 3.05) is 18.5 Å². The molecular weight excluding hydrogens is 167 g/mol. The van der Waals surface area contributed by atoms with Gasteiger partial charge in [-0.15, -0.1) is 0 Å². The number of rotatable bonds is 3. The third-order valence-corrected chi connectivity index (χ3v) is 8.46. The minimum absolute atomic E-state index is 1.11. The summed E-state index contributed by atoms with van der Waals surface area (Å²) < 4.78 is 0. The van der Waals surface area contributed by atoms with Crippen LogP contribution in [0.25, 0.3) is 0 Å². The second-order valence-electron chi connectivity index (χ2n) is 2.13. The third-order valence-electron chi connectivity index (χ3n) is 1.82. The monoisotopic (exact) mass is 182 g/mol. The van der Waals surface area contributed by atoms with Gasteiger partial charge in [0.15, 0.2) is 0 Å². The van der Waals surface area contributed by atoms with Crippen LogP contribution in [0.4, 0.5) is 0 Å². The second-order valence-corrected chi connectivity index (χ2v) is 9.39. The summed E-state index contributed by atoms with van der Waals surface area (Å²) in [5.41, 5.74) is 0. The molecule has 0 nitrogen and oxygen atoms in total. The molecule has 0 saturated carbocycles. The van der Waals surface area contributed by atoms with Gasteiger partial charge in [-0.25, -0.2) is 0 Å². The second kappa shape index (κ2) is 3.88. The molecule has 2 heteroatoms. The zero-order valence-corrected chi connectivity index (χ0v) is 7.86. The Labute approximate surface area is 61.2 Å². The molecule has 0 spiro atoms. The Kier molecular flexibility index (Phi) is 4.34. The molecule has 0 radical (unpaired) electrons. The van der Waals surface area contributed by atoms with Crippen molar-refractivity contribution in [3.63, 3.8) is 0 Å². The molecule has 0 saturated heterocycles. The van der Waals surface area contributed by atoms with Crippen molar-refractivity contribution < 1.29 is 15.6 Å². The zero-order chi connectivity index (χ0) is 6.62. The average molecular weight is 183 g/mol. The molecule has 0 amide bonds. The van der Waals surface area contributed by atoms with E-state index in [2.05, 4.69) is 20.8 Å². The Bertz CT molecular complexity index is 51.3. The first kappa shape index (κ1) is 8.95. The van der Waals surface area contributed by atoms with E-state index in [9.17, 15) is 0 Å². The van der Waals surface area contributed by atoms with Crippen LogP contribution in [0.15, 0.2) is 0 Å². The zero-order valence-electron chi connectivity index (χ0n) is 5.92. The standard InChI is InChI=1S/C6H15P.Cu/c1-4-7(5-2)6-3;/h4-6H2,1-3H3;/q;-1/p+1. The van der Waals surface area contributed by atoms with Gasteiger partial charge >= 0.3 is 60.8 Å². The van der Waals surface area contributed by atoms with E-state index in [1.807, 2.05) is 0 Å². The van der Waals surface area contributed by atoms with Gasteiger partial charge in [0.2, 0.25) is 0 Å². The molecule has 8 heavy (non-hydrogen) atoms. The van der Waals surface area contributed by atoms with Gasteiger partial charge < -0.3 is 0 Å². The molecular formula is C6H16CuP. The van der Waals surface area contributed by atoms with Gasteiger partial charge in [0, 0.05) is 0 Å². The molecule has 0 aromatic heterocycles. The molecule has 0 N–H and O–H groups in total. The van der Waals surface area contributed by atoms with Crippen LogP contribution in [0.2, 0.25) is 0 Å². The Morgan fingerprint density at radius 3 is 1.25 bits per heavy atom. The molecule has 0 aromatic rings. The fourth-order valence-electron chi connectivity index (χ4n) is 0.750. The Morgan fingerprint density at radius 2 is 1.25 bits per heavy atom. The first-order valence-electron chi connectivity index (χ1n) is 3.33. The normalized spacial score (nSPS) is 14.1. The van der Waals surface area contributed by atoms with Crippen molar-refractivity contribution >= 4 is 5.95 Å². The summed E-state index contributed by atoms with van der Waals surface area (Å²) in [5, 5.41) is 0. The molecule has 0 aliphatic heterocycles. The van der Waals surface area contributed by atoms with Crippen LogP contribution in [-0.4, -0.2) is 18.5 Å². The third kappa shape index (κ3) is 2.48. The molecule has 0 aliphatic carbocycles. The van der Waals surface area contributed by atoms with E-state index >= 15 is 0 Å². The SMILES string of the molecule is CC[PH]([Cu])(CC)CC. The van der Waals surface area contributed by atoms with Crippen molar-refractivity contribution in [1.82, 2.24) is 0 Å². The quantitative estimate of drug-likeness (QED) is 0.464. The topological polar surface area (TPSA) is 0 Å². The van der Waals surface area contributed by atoms with Gasteiger partial charge in [-0.2, -0.15) is 0 Å². The van der Waals surface area contributed by atoms with Crippen LogP contribution >= 0.6 is 5.95 Å². The van der Waals surface area contributed by atoms with Crippen molar-refractivity contribution in [2.45, 2.75) is 20.8 Å². The van der Waals surface area contributed by atoms with Crippen molar-refractivity contribution in [3.8, 4) is 0 Å². The van der Waals surface area contributed by atoms with E-state index < -0.39 is 5.95 Å². The summed E-state index contributed by atoms with van der Waals surface area (Å²) in [6, 6.07) is 0. The van der Waals surface area contributed by atoms with Gasteiger partial charge in [0.05, 0.1) is 0 Å². The van der Waals surface area contributed by atoms with E-state index in [1.165, 1.54) is 18.5 Å². The van der Waals surface area contributed by atoms with Crippen molar-refractivity contribution in [1.29, 1.82) is 0 Å². The molecule has 0 aromatic carbocycles. The minimum atomic E-state index is -1.11. The molecule has 56 valence electrons. The first-order chi connectivity index (χ1) is 3.68. The Balaban J connectivity index is 3.58.